The molecule has 0 fully saturated rings. The van der Waals surface area contributed by atoms with Crippen molar-refractivity contribution in [1.29, 1.82) is 0 Å². The summed E-state index contributed by atoms with van der Waals surface area (Å²) in [6.45, 7) is 4.05. The summed E-state index contributed by atoms with van der Waals surface area (Å²) >= 11 is 0. The lowest BCUT2D eigenvalue weighted by atomic mass is 10.1. The van der Waals surface area contributed by atoms with Crippen molar-refractivity contribution in [1.82, 2.24) is 5.32 Å². The van der Waals surface area contributed by atoms with Crippen molar-refractivity contribution in [3.8, 4) is 0 Å². The van der Waals surface area contributed by atoms with Gasteiger partial charge in [0.05, 0.1) is 6.61 Å². The maximum absolute atomic E-state index is 11.5. The van der Waals surface area contributed by atoms with Gasteiger partial charge in [-0.15, -0.1) is 0 Å². The standard InChI is InChI=1S/C14H29NO5S/c1-3-4-5-6-7-8-9-10-11-20-14(16)13(2)15-12-21(17,18)19/h13,15H,3-12H2,1-2H3,(H,17,18,19)/t13-/m0/s1. The van der Waals surface area contributed by atoms with E-state index in [4.69, 9.17) is 9.29 Å². The molecule has 126 valence electrons. The zero-order chi connectivity index (χ0) is 16.1. The van der Waals surface area contributed by atoms with E-state index in [1.165, 1.54) is 39.0 Å². The van der Waals surface area contributed by atoms with Gasteiger partial charge in [-0.2, -0.15) is 8.42 Å². The molecule has 0 unspecified atom stereocenters. The Bertz CT molecular complexity index is 370. The van der Waals surface area contributed by atoms with E-state index in [2.05, 4.69) is 12.2 Å². The lowest BCUT2D eigenvalue weighted by molar-refractivity contribution is -0.145. The number of esters is 1. The third-order valence-electron chi connectivity index (χ3n) is 3.17. The van der Waals surface area contributed by atoms with Crippen LogP contribution in [0.3, 0.4) is 0 Å². The first kappa shape index (κ1) is 20.3. The van der Waals surface area contributed by atoms with Gasteiger partial charge in [0.15, 0.2) is 0 Å². The molecule has 0 radical (unpaired) electrons. The summed E-state index contributed by atoms with van der Waals surface area (Å²) < 4.78 is 34.6. The Labute approximate surface area is 128 Å². The Hall–Kier alpha value is -0.660. The topological polar surface area (TPSA) is 92.7 Å². The number of hydrogen-bond acceptors (Lipinski definition) is 5. The van der Waals surface area contributed by atoms with Crippen LogP contribution in [-0.2, 0) is 19.6 Å². The summed E-state index contributed by atoms with van der Waals surface area (Å²) in [4.78, 5) is 11.5. The van der Waals surface area contributed by atoms with Crippen molar-refractivity contribution in [2.75, 3.05) is 12.5 Å². The number of ether oxygens (including phenoxy) is 1. The molecule has 0 aromatic rings. The van der Waals surface area contributed by atoms with Gasteiger partial charge in [-0.05, 0) is 13.3 Å². The highest BCUT2D eigenvalue weighted by molar-refractivity contribution is 7.85. The van der Waals surface area contributed by atoms with Crippen LogP contribution in [-0.4, -0.2) is 37.5 Å². The number of carbonyl (C=O) groups is 1. The highest BCUT2D eigenvalue weighted by atomic mass is 32.2. The van der Waals surface area contributed by atoms with Crippen molar-refractivity contribution >= 4 is 16.1 Å². The average Bonchev–Trinajstić information content (AvgIpc) is 2.41. The predicted octanol–water partition coefficient (Wildman–Crippen LogP) is 2.49. The first-order chi connectivity index (χ1) is 9.87. The molecule has 0 aliphatic carbocycles. The third kappa shape index (κ3) is 14.1. The van der Waals surface area contributed by atoms with Crippen LogP contribution in [0.2, 0.25) is 0 Å². The largest absolute Gasteiger partial charge is 0.465 e. The molecule has 0 aliphatic rings. The lowest BCUT2D eigenvalue weighted by Crippen LogP contribution is -2.38. The molecule has 0 amide bonds. The second-order valence-corrected chi connectivity index (χ2v) is 6.75. The second-order valence-electron chi connectivity index (χ2n) is 5.29. The normalized spacial score (nSPS) is 13.1. The van der Waals surface area contributed by atoms with Gasteiger partial charge in [0, 0.05) is 0 Å². The van der Waals surface area contributed by atoms with Crippen LogP contribution >= 0.6 is 0 Å². The summed E-state index contributed by atoms with van der Waals surface area (Å²) in [6.07, 6.45) is 9.34. The van der Waals surface area contributed by atoms with Gasteiger partial charge in [0.1, 0.15) is 11.9 Å². The van der Waals surface area contributed by atoms with Gasteiger partial charge in [0.25, 0.3) is 10.1 Å². The Morgan fingerprint density at radius 2 is 1.62 bits per heavy atom. The summed E-state index contributed by atoms with van der Waals surface area (Å²) in [7, 11) is -4.11. The van der Waals surface area contributed by atoms with E-state index in [1.54, 1.807) is 0 Å². The smallest absolute Gasteiger partial charge is 0.322 e. The summed E-state index contributed by atoms with van der Waals surface area (Å²) in [6, 6.07) is -0.749. The molecule has 0 rings (SSSR count). The molecule has 21 heavy (non-hydrogen) atoms. The minimum absolute atomic E-state index is 0.353. The van der Waals surface area contributed by atoms with E-state index < -0.39 is 28.0 Å². The van der Waals surface area contributed by atoms with Crippen molar-refractivity contribution in [3.05, 3.63) is 0 Å². The fourth-order valence-electron chi connectivity index (χ4n) is 1.85. The molecule has 0 heterocycles. The minimum atomic E-state index is -4.11. The maximum atomic E-state index is 11.5. The van der Waals surface area contributed by atoms with Gasteiger partial charge in [-0.3, -0.25) is 14.7 Å². The number of rotatable bonds is 13. The van der Waals surface area contributed by atoms with Crippen molar-refractivity contribution < 1.29 is 22.5 Å². The molecule has 6 nitrogen and oxygen atoms in total. The highest BCUT2D eigenvalue weighted by Crippen LogP contribution is 2.08. The minimum Gasteiger partial charge on any atom is -0.465 e. The molecule has 0 bridgehead atoms. The second kappa shape index (κ2) is 11.9. The van der Waals surface area contributed by atoms with E-state index in [0.717, 1.165) is 19.3 Å². The number of carbonyl (C=O) groups excluding carboxylic acids is 1. The van der Waals surface area contributed by atoms with Crippen LogP contribution in [0.25, 0.3) is 0 Å². The molecule has 0 saturated carbocycles. The van der Waals surface area contributed by atoms with E-state index in [0.29, 0.717) is 6.61 Å². The van der Waals surface area contributed by atoms with Gasteiger partial charge in [-0.1, -0.05) is 51.9 Å². The molecule has 1 atom stereocenters. The van der Waals surface area contributed by atoms with E-state index in [9.17, 15) is 13.2 Å². The van der Waals surface area contributed by atoms with Gasteiger partial charge in [-0.25, -0.2) is 0 Å². The first-order valence-electron chi connectivity index (χ1n) is 7.72. The Balaban J connectivity index is 3.48. The van der Waals surface area contributed by atoms with E-state index >= 15 is 0 Å². The molecule has 7 heteroatoms. The lowest BCUT2D eigenvalue weighted by Gasteiger charge is -2.12. The third-order valence-corrected chi connectivity index (χ3v) is 3.70. The first-order valence-corrected chi connectivity index (χ1v) is 9.33. The number of nitrogens with one attached hydrogen (secondary N) is 1. The summed E-state index contributed by atoms with van der Waals surface area (Å²) in [5, 5.41) is 2.39. The molecule has 2 N–H and O–H groups in total. The molecular formula is C14H29NO5S. The summed E-state index contributed by atoms with van der Waals surface area (Å²) in [5.41, 5.74) is 0. The summed E-state index contributed by atoms with van der Waals surface area (Å²) in [5.74, 6) is -1.15. The zero-order valence-corrected chi connectivity index (χ0v) is 14.0. The van der Waals surface area contributed by atoms with Crippen molar-refractivity contribution in [2.24, 2.45) is 0 Å². The molecule has 0 spiro atoms. The van der Waals surface area contributed by atoms with Crippen LogP contribution in [0.15, 0.2) is 0 Å². The average molecular weight is 323 g/mol. The Kier molecular flexibility index (Phi) is 11.6. The molecule has 0 aromatic heterocycles. The van der Waals surface area contributed by atoms with Crippen LogP contribution < -0.4 is 5.32 Å². The predicted molar refractivity (Wildman–Crippen MR) is 82.6 cm³/mol. The number of unbranched alkanes of at least 4 members (excludes halogenated alkanes) is 7. The quantitative estimate of drug-likeness (QED) is 0.307. The SMILES string of the molecule is CCCCCCCCCCOC(=O)[C@H](C)NCS(=O)(=O)O. The van der Waals surface area contributed by atoms with Crippen LogP contribution in [0.5, 0.6) is 0 Å². The number of hydrogen-bond donors (Lipinski definition) is 2. The van der Waals surface area contributed by atoms with E-state index in [-0.39, 0.29) is 0 Å². The van der Waals surface area contributed by atoms with Crippen LogP contribution in [0, 0.1) is 0 Å². The molecular weight excluding hydrogens is 294 g/mol. The monoisotopic (exact) mass is 323 g/mol. The van der Waals surface area contributed by atoms with Crippen molar-refractivity contribution in [2.45, 2.75) is 71.3 Å². The van der Waals surface area contributed by atoms with Gasteiger partial charge < -0.3 is 4.74 Å². The zero-order valence-electron chi connectivity index (χ0n) is 13.1. The maximum Gasteiger partial charge on any atom is 0.322 e. The van der Waals surface area contributed by atoms with Gasteiger partial charge in [0.2, 0.25) is 0 Å². The highest BCUT2D eigenvalue weighted by Gasteiger charge is 2.16. The van der Waals surface area contributed by atoms with Crippen molar-refractivity contribution in [3.63, 3.8) is 0 Å². The molecule has 0 aromatic carbocycles. The van der Waals surface area contributed by atoms with E-state index in [1.807, 2.05) is 0 Å². The fourth-order valence-corrected chi connectivity index (χ4v) is 2.31. The Morgan fingerprint density at radius 1 is 1.10 bits per heavy atom. The van der Waals surface area contributed by atoms with Gasteiger partial charge >= 0.3 is 5.97 Å². The van der Waals surface area contributed by atoms with Crippen LogP contribution in [0.4, 0.5) is 0 Å². The molecule has 0 saturated heterocycles. The molecule has 0 aliphatic heterocycles. The fraction of sp³-hybridized carbons (Fsp3) is 0.929. The van der Waals surface area contributed by atoms with Crippen LogP contribution in [0.1, 0.15) is 65.2 Å². The Morgan fingerprint density at radius 3 is 2.14 bits per heavy atom.